The highest BCUT2D eigenvalue weighted by molar-refractivity contribution is 7.22. The smallest absolute Gasteiger partial charge is 0.184 e. The fourth-order valence-electron chi connectivity index (χ4n) is 1.35. The largest absolute Gasteiger partial charge is 0.491 e. The first-order valence-corrected chi connectivity index (χ1v) is 6.05. The Bertz CT molecular complexity index is 532. The van der Waals surface area contributed by atoms with Crippen molar-refractivity contribution in [3.8, 4) is 11.8 Å². The second kappa shape index (κ2) is 5.15. The van der Waals surface area contributed by atoms with E-state index in [1.165, 1.54) is 11.3 Å². The molecular formula is C11H9ClN2OS. The lowest BCUT2D eigenvalue weighted by atomic mass is 10.3. The lowest BCUT2D eigenvalue weighted by Crippen LogP contribution is -1.97. The molecule has 0 fully saturated rings. The van der Waals surface area contributed by atoms with Crippen LogP contribution in [0.5, 0.6) is 5.75 Å². The van der Waals surface area contributed by atoms with Gasteiger partial charge in [-0.15, -0.1) is 11.3 Å². The van der Waals surface area contributed by atoms with Crippen molar-refractivity contribution in [2.45, 2.75) is 12.8 Å². The third-order valence-electron chi connectivity index (χ3n) is 2.05. The Morgan fingerprint density at radius 2 is 2.38 bits per heavy atom. The van der Waals surface area contributed by atoms with Crippen LogP contribution in [-0.4, -0.2) is 11.6 Å². The predicted molar refractivity (Wildman–Crippen MR) is 65.0 cm³/mol. The van der Waals surface area contributed by atoms with Crippen molar-refractivity contribution in [2.24, 2.45) is 0 Å². The number of benzene rings is 1. The van der Waals surface area contributed by atoms with Crippen LogP contribution < -0.4 is 4.74 Å². The average Bonchev–Trinajstić information content (AvgIpc) is 2.65. The Kier molecular flexibility index (Phi) is 3.60. The summed E-state index contributed by atoms with van der Waals surface area (Å²) in [6, 6.07) is 7.82. The Hall–Kier alpha value is -1.31. The fraction of sp³-hybridized carbons (Fsp3) is 0.273. The Labute approximate surface area is 102 Å². The molecule has 1 heterocycles. The molecule has 1 aromatic heterocycles. The molecule has 16 heavy (non-hydrogen) atoms. The van der Waals surface area contributed by atoms with E-state index < -0.39 is 0 Å². The van der Waals surface area contributed by atoms with Crippen molar-refractivity contribution in [1.29, 1.82) is 5.26 Å². The number of nitriles is 1. The fourth-order valence-corrected chi connectivity index (χ4v) is 2.39. The molecule has 0 unspecified atom stereocenters. The number of para-hydroxylation sites is 1. The SMILES string of the molecule is N#CCCCOc1cccc2sc(Cl)nc12. The molecule has 0 aliphatic carbocycles. The number of aromatic nitrogens is 1. The van der Waals surface area contributed by atoms with Crippen molar-refractivity contribution >= 4 is 33.2 Å². The summed E-state index contributed by atoms with van der Waals surface area (Å²) in [6.07, 6.45) is 1.23. The molecule has 2 rings (SSSR count). The number of ether oxygens (including phenoxy) is 1. The van der Waals surface area contributed by atoms with Gasteiger partial charge >= 0.3 is 0 Å². The first-order valence-electron chi connectivity index (χ1n) is 4.86. The first-order chi connectivity index (χ1) is 7.81. The number of hydrogen-bond donors (Lipinski definition) is 0. The molecule has 0 amide bonds. The lowest BCUT2D eigenvalue weighted by Gasteiger charge is -2.04. The minimum atomic E-state index is 0.508. The van der Waals surface area contributed by atoms with Crippen LogP contribution in [0.1, 0.15) is 12.8 Å². The van der Waals surface area contributed by atoms with E-state index in [1.54, 1.807) is 0 Å². The Balaban J connectivity index is 2.14. The van der Waals surface area contributed by atoms with E-state index in [0.29, 0.717) is 17.5 Å². The molecule has 0 aliphatic rings. The molecule has 1 aromatic carbocycles. The lowest BCUT2D eigenvalue weighted by molar-refractivity contribution is 0.316. The number of nitrogens with zero attached hydrogens (tertiary/aromatic N) is 2. The van der Waals surface area contributed by atoms with Crippen LogP contribution in [0.25, 0.3) is 10.2 Å². The summed E-state index contributed by atoms with van der Waals surface area (Å²) in [5.74, 6) is 0.735. The maximum absolute atomic E-state index is 8.40. The van der Waals surface area contributed by atoms with Crippen LogP contribution in [0.2, 0.25) is 4.47 Å². The highest BCUT2D eigenvalue weighted by Gasteiger charge is 2.07. The topological polar surface area (TPSA) is 45.9 Å². The third-order valence-corrected chi connectivity index (χ3v) is 3.17. The van der Waals surface area contributed by atoms with Crippen LogP contribution in [0.3, 0.4) is 0 Å². The van der Waals surface area contributed by atoms with Gasteiger partial charge in [-0.3, -0.25) is 0 Å². The third kappa shape index (κ3) is 2.43. The van der Waals surface area contributed by atoms with Gasteiger partial charge in [-0.2, -0.15) is 5.26 Å². The molecule has 0 saturated heterocycles. The molecule has 0 bridgehead atoms. The number of fused-ring (bicyclic) bond motifs is 1. The van der Waals surface area contributed by atoms with E-state index >= 15 is 0 Å². The van der Waals surface area contributed by atoms with Gasteiger partial charge in [0.25, 0.3) is 0 Å². The van der Waals surface area contributed by atoms with E-state index in [1.807, 2.05) is 18.2 Å². The zero-order chi connectivity index (χ0) is 11.4. The van der Waals surface area contributed by atoms with Gasteiger partial charge in [0, 0.05) is 6.42 Å². The van der Waals surface area contributed by atoms with E-state index in [2.05, 4.69) is 11.1 Å². The summed E-state index contributed by atoms with van der Waals surface area (Å²) in [4.78, 5) is 4.21. The normalized spacial score (nSPS) is 10.2. The summed E-state index contributed by atoms with van der Waals surface area (Å²) in [7, 11) is 0. The van der Waals surface area contributed by atoms with E-state index in [0.717, 1.165) is 22.4 Å². The van der Waals surface area contributed by atoms with E-state index in [9.17, 15) is 0 Å². The zero-order valence-corrected chi connectivity index (χ0v) is 10.0. The highest BCUT2D eigenvalue weighted by Crippen LogP contribution is 2.31. The van der Waals surface area contributed by atoms with Crippen molar-refractivity contribution in [1.82, 2.24) is 4.98 Å². The van der Waals surface area contributed by atoms with E-state index in [4.69, 9.17) is 21.6 Å². The second-order valence-corrected chi connectivity index (χ2v) is 4.79. The number of halogens is 1. The molecule has 0 aliphatic heterocycles. The monoisotopic (exact) mass is 252 g/mol. The van der Waals surface area contributed by atoms with Gasteiger partial charge in [0.05, 0.1) is 17.4 Å². The minimum absolute atomic E-state index is 0.508. The predicted octanol–water partition coefficient (Wildman–Crippen LogP) is 3.63. The summed E-state index contributed by atoms with van der Waals surface area (Å²) >= 11 is 7.28. The Morgan fingerprint density at radius 1 is 1.50 bits per heavy atom. The van der Waals surface area contributed by atoms with Crippen molar-refractivity contribution in [2.75, 3.05) is 6.61 Å². The average molecular weight is 253 g/mol. The standard InChI is InChI=1S/C11H9ClN2OS/c12-11-14-10-8(15-7-2-1-6-13)4-3-5-9(10)16-11/h3-5H,1-2,7H2. The van der Waals surface area contributed by atoms with Gasteiger partial charge in [0.2, 0.25) is 0 Å². The molecule has 0 atom stereocenters. The number of thiazole rings is 1. The van der Waals surface area contributed by atoms with Crippen molar-refractivity contribution in [3.63, 3.8) is 0 Å². The van der Waals surface area contributed by atoms with Crippen LogP contribution in [0.4, 0.5) is 0 Å². The van der Waals surface area contributed by atoms with Gasteiger partial charge < -0.3 is 4.74 Å². The molecule has 0 spiro atoms. The van der Waals surface area contributed by atoms with Gasteiger partial charge in [-0.1, -0.05) is 17.7 Å². The van der Waals surface area contributed by atoms with Crippen LogP contribution in [0.15, 0.2) is 18.2 Å². The number of rotatable bonds is 4. The zero-order valence-electron chi connectivity index (χ0n) is 8.44. The van der Waals surface area contributed by atoms with Crippen LogP contribution in [-0.2, 0) is 0 Å². The molecule has 5 heteroatoms. The van der Waals surface area contributed by atoms with Crippen molar-refractivity contribution < 1.29 is 4.74 Å². The maximum Gasteiger partial charge on any atom is 0.184 e. The molecule has 0 radical (unpaired) electrons. The second-order valence-electron chi connectivity index (χ2n) is 3.18. The van der Waals surface area contributed by atoms with E-state index in [-0.39, 0.29) is 0 Å². The van der Waals surface area contributed by atoms with Crippen molar-refractivity contribution in [3.05, 3.63) is 22.7 Å². The summed E-state index contributed by atoms with van der Waals surface area (Å²) in [5, 5.41) is 8.40. The molecule has 0 N–H and O–H groups in total. The highest BCUT2D eigenvalue weighted by atomic mass is 35.5. The Morgan fingerprint density at radius 3 is 3.19 bits per heavy atom. The summed E-state index contributed by atoms with van der Waals surface area (Å²) < 4.78 is 7.10. The quantitative estimate of drug-likeness (QED) is 0.781. The van der Waals surface area contributed by atoms with Gasteiger partial charge in [0.1, 0.15) is 11.3 Å². The molecular weight excluding hydrogens is 244 g/mol. The molecule has 82 valence electrons. The molecule has 3 nitrogen and oxygen atoms in total. The van der Waals surface area contributed by atoms with Gasteiger partial charge in [-0.05, 0) is 18.6 Å². The molecule has 0 saturated carbocycles. The summed E-state index contributed by atoms with van der Waals surface area (Å²) in [5.41, 5.74) is 0.800. The first kappa shape index (κ1) is 11.2. The summed E-state index contributed by atoms with van der Waals surface area (Å²) in [6.45, 7) is 0.530. The van der Waals surface area contributed by atoms with Gasteiger partial charge in [0.15, 0.2) is 4.47 Å². The van der Waals surface area contributed by atoms with Crippen LogP contribution >= 0.6 is 22.9 Å². The maximum atomic E-state index is 8.40. The van der Waals surface area contributed by atoms with Crippen LogP contribution in [0, 0.1) is 11.3 Å². The minimum Gasteiger partial charge on any atom is -0.491 e. The van der Waals surface area contributed by atoms with Gasteiger partial charge in [-0.25, -0.2) is 4.98 Å². The number of unbranched alkanes of at least 4 members (excludes halogenated alkanes) is 1. The molecule has 2 aromatic rings. The number of hydrogen-bond acceptors (Lipinski definition) is 4.